The van der Waals surface area contributed by atoms with Crippen LogP contribution in [0.2, 0.25) is 0 Å². The summed E-state index contributed by atoms with van der Waals surface area (Å²) in [5.41, 5.74) is -0.739. The first-order chi connectivity index (χ1) is 7.24. The highest BCUT2D eigenvalue weighted by Crippen LogP contribution is 1.91. The van der Waals surface area contributed by atoms with Crippen LogP contribution in [0, 0.1) is 24.2 Å². The minimum absolute atomic E-state index is 0.260. The SMILES string of the molecule is C#CCCCC#Cc1c[nH]c(=O)[nH]c1=O. The van der Waals surface area contributed by atoms with E-state index in [1.54, 1.807) is 0 Å². The zero-order valence-corrected chi connectivity index (χ0v) is 8.09. The van der Waals surface area contributed by atoms with Gasteiger partial charge in [-0.3, -0.25) is 9.78 Å². The lowest BCUT2D eigenvalue weighted by Crippen LogP contribution is -2.23. The van der Waals surface area contributed by atoms with Crippen molar-refractivity contribution in [3.05, 3.63) is 32.6 Å². The fourth-order valence-electron chi connectivity index (χ4n) is 0.939. The average molecular weight is 202 g/mol. The predicted octanol–water partition coefficient (Wildman–Crippen LogP) is 0.218. The Morgan fingerprint density at radius 1 is 1.33 bits per heavy atom. The van der Waals surface area contributed by atoms with Crippen LogP contribution in [0.4, 0.5) is 0 Å². The lowest BCUT2D eigenvalue weighted by Gasteiger charge is -1.87. The number of terminal acetylenes is 1. The van der Waals surface area contributed by atoms with E-state index in [0.717, 1.165) is 6.42 Å². The van der Waals surface area contributed by atoms with Crippen molar-refractivity contribution in [2.24, 2.45) is 0 Å². The molecule has 0 fully saturated rings. The third kappa shape index (κ3) is 3.58. The normalized spacial score (nSPS) is 8.73. The van der Waals surface area contributed by atoms with Gasteiger partial charge in [0, 0.05) is 19.0 Å². The van der Waals surface area contributed by atoms with Crippen molar-refractivity contribution in [1.82, 2.24) is 9.97 Å². The monoisotopic (exact) mass is 202 g/mol. The van der Waals surface area contributed by atoms with Gasteiger partial charge in [0.25, 0.3) is 5.56 Å². The minimum Gasteiger partial charge on any atom is -0.313 e. The Labute approximate surface area is 86.7 Å². The van der Waals surface area contributed by atoms with Gasteiger partial charge in [0.2, 0.25) is 0 Å². The van der Waals surface area contributed by atoms with Crippen molar-refractivity contribution in [2.75, 3.05) is 0 Å². The fourth-order valence-corrected chi connectivity index (χ4v) is 0.939. The third-order valence-electron chi connectivity index (χ3n) is 1.67. The van der Waals surface area contributed by atoms with Crippen LogP contribution in [0.25, 0.3) is 0 Å². The van der Waals surface area contributed by atoms with Crippen LogP contribution >= 0.6 is 0 Å². The van der Waals surface area contributed by atoms with E-state index < -0.39 is 11.2 Å². The van der Waals surface area contributed by atoms with Gasteiger partial charge < -0.3 is 4.98 Å². The Morgan fingerprint density at radius 3 is 2.80 bits per heavy atom. The highest BCUT2D eigenvalue weighted by Gasteiger charge is 1.93. The summed E-state index contributed by atoms with van der Waals surface area (Å²) in [7, 11) is 0. The van der Waals surface area contributed by atoms with E-state index in [1.165, 1.54) is 6.20 Å². The van der Waals surface area contributed by atoms with Gasteiger partial charge in [0.1, 0.15) is 5.56 Å². The van der Waals surface area contributed by atoms with Crippen molar-refractivity contribution in [3.63, 3.8) is 0 Å². The zero-order valence-electron chi connectivity index (χ0n) is 8.09. The van der Waals surface area contributed by atoms with E-state index >= 15 is 0 Å². The second kappa shape index (κ2) is 5.51. The Kier molecular flexibility index (Phi) is 4.00. The smallest absolute Gasteiger partial charge is 0.313 e. The first kappa shape index (κ1) is 10.9. The second-order valence-electron chi connectivity index (χ2n) is 2.85. The van der Waals surface area contributed by atoms with Gasteiger partial charge in [0.05, 0.1) is 0 Å². The molecule has 0 spiro atoms. The number of H-pyrrole nitrogens is 2. The molecule has 2 N–H and O–H groups in total. The van der Waals surface area contributed by atoms with Gasteiger partial charge in [-0.2, -0.15) is 0 Å². The van der Waals surface area contributed by atoms with Gasteiger partial charge in [-0.05, 0) is 6.42 Å². The standard InChI is InChI=1S/C11H10N2O2/c1-2-3-4-5-6-7-9-8-12-11(15)13-10(9)14/h1,8H,3-5H2,(H2,12,13,14,15). The summed E-state index contributed by atoms with van der Waals surface area (Å²) in [5, 5.41) is 0. The Hall–Kier alpha value is -2.20. The molecule has 1 rings (SSSR count). The molecule has 4 heteroatoms. The Morgan fingerprint density at radius 2 is 2.13 bits per heavy atom. The molecule has 0 saturated carbocycles. The molecular formula is C11H10N2O2. The summed E-state index contributed by atoms with van der Waals surface area (Å²) in [5.74, 6) is 7.98. The van der Waals surface area contributed by atoms with Crippen LogP contribution in [0.5, 0.6) is 0 Å². The maximum atomic E-state index is 11.1. The molecule has 0 aromatic carbocycles. The summed E-state index contributed by atoms with van der Waals surface area (Å²) < 4.78 is 0. The predicted molar refractivity (Wildman–Crippen MR) is 57.2 cm³/mol. The number of hydrogen-bond acceptors (Lipinski definition) is 2. The Bertz CT molecular complexity index is 534. The second-order valence-corrected chi connectivity index (χ2v) is 2.85. The zero-order chi connectivity index (χ0) is 11.1. The van der Waals surface area contributed by atoms with Crippen molar-refractivity contribution in [2.45, 2.75) is 19.3 Å². The van der Waals surface area contributed by atoms with Crippen LogP contribution in [-0.2, 0) is 0 Å². The number of rotatable bonds is 2. The highest BCUT2D eigenvalue weighted by molar-refractivity contribution is 5.28. The van der Waals surface area contributed by atoms with Crippen molar-refractivity contribution < 1.29 is 0 Å². The van der Waals surface area contributed by atoms with Gasteiger partial charge in [-0.1, -0.05) is 11.8 Å². The van der Waals surface area contributed by atoms with E-state index in [2.05, 4.69) is 27.7 Å². The van der Waals surface area contributed by atoms with E-state index in [-0.39, 0.29) is 5.56 Å². The summed E-state index contributed by atoms with van der Waals surface area (Å²) in [6.07, 6.45) is 8.50. The number of hydrogen-bond donors (Lipinski definition) is 2. The fraction of sp³-hybridized carbons (Fsp3) is 0.273. The topological polar surface area (TPSA) is 65.7 Å². The lowest BCUT2D eigenvalue weighted by molar-refractivity contribution is 0.904. The van der Waals surface area contributed by atoms with Crippen molar-refractivity contribution >= 4 is 0 Å². The van der Waals surface area contributed by atoms with Crippen molar-refractivity contribution in [3.8, 4) is 24.2 Å². The molecule has 1 heterocycles. The highest BCUT2D eigenvalue weighted by atomic mass is 16.2. The molecule has 0 atom stereocenters. The molecule has 1 aromatic heterocycles. The quantitative estimate of drug-likeness (QED) is 0.532. The van der Waals surface area contributed by atoms with Crippen LogP contribution < -0.4 is 11.2 Å². The molecule has 15 heavy (non-hydrogen) atoms. The third-order valence-corrected chi connectivity index (χ3v) is 1.67. The van der Waals surface area contributed by atoms with Crippen molar-refractivity contribution in [1.29, 1.82) is 0 Å². The molecule has 0 amide bonds. The van der Waals surface area contributed by atoms with Crippen LogP contribution in [0.15, 0.2) is 15.8 Å². The van der Waals surface area contributed by atoms with E-state index in [1.807, 2.05) is 0 Å². The molecule has 0 saturated heterocycles. The summed E-state index contributed by atoms with van der Waals surface area (Å²) in [4.78, 5) is 26.3. The first-order valence-corrected chi connectivity index (χ1v) is 4.48. The first-order valence-electron chi connectivity index (χ1n) is 4.48. The van der Waals surface area contributed by atoms with E-state index in [9.17, 15) is 9.59 Å². The van der Waals surface area contributed by atoms with Gasteiger partial charge in [0.15, 0.2) is 0 Å². The lowest BCUT2D eigenvalue weighted by atomic mass is 10.2. The summed E-state index contributed by atoms with van der Waals surface area (Å²) in [6.45, 7) is 0. The number of aromatic amines is 2. The molecule has 0 aliphatic rings. The largest absolute Gasteiger partial charge is 0.325 e. The molecule has 0 aliphatic carbocycles. The minimum atomic E-state index is -0.530. The maximum Gasteiger partial charge on any atom is 0.325 e. The van der Waals surface area contributed by atoms with Gasteiger partial charge >= 0.3 is 5.69 Å². The Balaban J connectivity index is 2.69. The maximum absolute atomic E-state index is 11.1. The summed E-state index contributed by atoms with van der Waals surface area (Å²) in [6, 6.07) is 0. The van der Waals surface area contributed by atoms with Crippen LogP contribution in [-0.4, -0.2) is 9.97 Å². The van der Waals surface area contributed by atoms with Gasteiger partial charge in [-0.15, -0.1) is 12.3 Å². The molecule has 76 valence electrons. The molecular weight excluding hydrogens is 192 g/mol. The van der Waals surface area contributed by atoms with Crippen LogP contribution in [0.1, 0.15) is 24.8 Å². The van der Waals surface area contributed by atoms with E-state index in [0.29, 0.717) is 12.8 Å². The molecule has 1 aromatic rings. The molecule has 4 nitrogen and oxygen atoms in total. The number of aromatic nitrogens is 2. The summed E-state index contributed by atoms with van der Waals surface area (Å²) >= 11 is 0. The molecule has 0 bridgehead atoms. The molecule has 0 radical (unpaired) electrons. The number of unbranched alkanes of at least 4 members (excludes halogenated alkanes) is 2. The average Bonchev–Trinajstić information content (AvgIpc) is 2.20. The molecule has 0 aliphatic heterocycles. The molecule has 0 unspecified atom stereocenters. The van der Waals surface area contributed by atoms with Crippen LogP contribution in [0.3, 0.4) is 0 Å². The van der Waals surface area contributed by atoms with E-state index in [4.69, 9.17) is 6.42 Å². The number of nitrogens with one attached hydrogen (secondary N) is 2. The van der Waals surface area contributed by atoms with Gasteiger partial charge in [-0.25, -0.2) is 4.79 Å².